The van der Waals surface area contributed by atoms with Crippen molar-refractivity contribution in [3.8, 4) is 0 Å². The predicted octanol–water partition coefficient (Wildman–Crippen LogP) is 2.43. The highest BCUT2D eigenvalue weighted by atomic mass is 79.9. The Hall–Kier alpha value is -4.32. The molecule has 11 nitrogen and oxygen atoms in total. The summed E-state index contributed by atoms with van der Waals surface area (Å²) in [6, 6.07) is 11.4. The molecule has 1 fully saturated rings. The van der Waals surface area contributed by atoms with Gasteiger partial charge in [-0.15, -0.1) is 0 Å². The van der Waals surface area contributed by atoms with Gasteiger partial charge in [0.2, 0.25) is 11.9 Å². The number of primary amides is 1. The highest BCUT2D eigenvalue weighted by Gasteiger charge is 2.24. The number of anilines is 2. The van der Waals surface area contributed by atoms with Gasteiger partial charge in [0.15, 0.2) is 0 Å². The number of nitrogens with two attached hydrogens (primary N) is 1. The maximum absolute atomic E-state index is 13.0. The second-order valence-corrected chi connectivity index (χ2v) is 9.08. The fourth-order valence-electron chi connectivity index (χ4n) is 3.99. The monoisotopic (exact) mass is 548 g/mol. The van der Waals surface area contributed by atoms with Crippen LogP contribution in [0.1, 0.15) is 31.1 Å². The van der Waals surface area contributed by atoms with E-state index < -0.39 is 11.8 Å². The van der Waals surface area contributed by atoms with Gasteiger partial charge in [0.1, 0.15) is 5.52 Å². The number of carbonyl (C=O) groups is 3. The summed E-state index contributed by atoms with van der Waals surface area (Å²) < 4.78 is 0.812. The number of H-pyrrole nitrogens is 1. The predicted molar refractivity (Wildman–Crippen MR) is 137 cm³/mol. The van der Waals surface area contributed by atoms with E-state index >= 15 is 0 Å². The highest BCUT2D eigenvalue weighted by molar-refractivity contribution is 9.10. The minimum Gasteiger partial charge on any atom is -0.366 e. The summed E-state index contributed by atoms with van der Waals surface area (Å²) >= 11 is 3.33. The Labute approximate surface area is 213 Å². The van der Waals surface area contributed by atoms with Crippen LogP contribution in [0.3, 0.4) is 0 Å². The molecule has 4 aromatic rings. The molecule has 182 valence electrons. The van der Waals surface area contributed by atoms with Gasteiger partial charge in [-0.25, -0.2) is 15.0 Å². The van der Waals surface area contributed by atoms with E-state index in [1.165, 1.54) is 0 Å². The van der Waals surface area contributed by atoms with E-state index in [0.717, 1.165) is 4.47 Å². The summed E-state index contributed by atoms with van der Waals surface area (Å²) in [5, 5.41) is 2.68. The van der Waals surface area contributed by atoms with Crippen LogP contribution in [0.4, 0.5) is 11.9 Å². The number of aromatic nitrogens is 4. The molecule has 5 rings (SSSR count). The van der Waals surface area contributed by atoms with Crippen LogP contribution >= 0.6 is 15.9 Å². The molecule has 3 heterocycles. The molecule has 1 saturated heterocycles. The molecule has 0 spiro atoms. The zero-order valence-electron chi connectivity index (χ0n) is 18.9. The number of nitrogens with zero attached hydrogens (tertiary/aromatic N) is 5. The molecule has 2 aromatic carbocycles. The van der Waals surface area contributed by atoms with Crippen molar-refractivity contribution in [1.82, 2.24) is 24.8 Å². The van der Waals surface area contributed by atoms with Gasteiger partial charge in [-0.1, -0.05) is 6.07 Å². The first-order chi connectivity index (χ1) is 17.4. The van der Waals surface area contributed by atoms with Crippen molar-refractivity contribution in [2.75, 3.05) is 36.4 Å². The van der Waals surface area contributed by atoms with E-state index in [0.29, 0.717) is 54.3 Å². The van der Waals surface area contributed by atoms with Gasteiger partial charge in [0, 0.05) is 49.7 Å². The van der Waals surface area contributed by atoms with Gasteiger partial charge < -0.3 is 20.5 Å². The van der Waals surface area contributed by atoms with Crippen molar-refractivity contribution in [2.45, 2.75) is 0 Å². The number of nitrogens with one attached hydrogen (secondary N) is 2. The van der Waals surface area contributed by atoms with Crippen LogP contribution in [-0.4, -0.2) is 68.7 Å². The van der Waals surface area contributed by atoms with Crippen molar-refractivity contribution in [1.29, 1.82) is 0 Å². The summed E-state index contributed by atoms with van der Waals surface area (Å²) in [7, 11) is 0. The summed E-state index contributed by atoms with van der Waals surface area (Å²) in [6.07, 6.45) is 3.40. The molecule has 0 radical (unpaired) electrons. The molecule has 2 aromatic heterocycles. The highest BCUT2D eigenvalue weighted by Crippen LogP contribution is 2.19. The molecular weight excluding hydrogens is 528 g/mol. The fourth-order valence-corrected chi connectivity index (χ4v) is 4.20. The van der Waals surface area contributed by atoms with E-state index in [1.54, 1.807) is 59.8 Å². The zero-order valence-corrected chi connectivity index (χ0v) is 20.5. The first-order valence-electron chi connectivity index (χ1n) is 11.1. The van der Waals surface area contributed by atoms with Gasteiger partial charge in [-0.2, -0.15) is 0 Å². The Kier molecular flexibility index (Phi) is 6.34. The molecule has 1 aliphatic rings. The number of imidazole rings is 1. The molecule has 0 unspecified atom stereocenters. The molecule has 36 heavy (non-hydrogen) atoms. The second kappa shape index (κ2) is 9.74. The maximum atomic E-state index is 13.0. The lowest BCUT2D eigenvalue weighted by Crippen LogP contribution is -2.49. The third kappa shape index (κ3) is 4.75. The smallest absolute Gasteiger partial charge is 0.257 e. The topological polar surface area (TPSA) is 150 Å². The minimum atomic E-state index is -0.603. The molecule has 4 N–H and O–H groups in total. The van der Waals surface area contributed by atoms with E-state index in [2.05, 4.69) is 41.2 Å². The standard InChI is InChI=1S/C24H21BrN8O3/c25-16-12-27-24(28-13-16)33-10-8-32(9-11-33)22(36)15-6-4-14(5-7-15)21(35)31-23-29-18-3-1-2-17(20(26)34)19(18)30-23/h1-7,12-13H,8-11H2,(H2,26,34)(H2,29,30,31,35). The molecule has 0 atom stereocenters. The average Bonchev–Trinajstić information content (AvgIpc) is 3.31. The van der Waals surface area contributed by atoms with Crippen molar-refractivity contribution < 1.29 is 14.4 Å². The zero-order chi connectivity index (χ0) is 25.2. The number of fused-ring (bicyclic) bond motifs is 1. The summed E-state index contributed by atoms with van der Waals surface area (Å²) in [5.74, 6) is -0.285. The lowest BCUT2D eigenvalue weighted by molar-refractivity contribution is 0.0745. The van der Waals surface area contributed by atoms with Crippen LogP contribution in [0, 0.1) is 0 Å². The number of halogens is 1. The van der Waals surface area contributed by atoms with Crippen LogP contribution in [0.15, 0.2) is 59.3 Å². The van der Waals surface area contributed by atoms with Crippen LogP contribution < -0.4 is 16.0 Å². The second-order valence-electron chi connectivity index (χ2n) is 8.16. The lowest BCUT2D eigenvalue weighted by Gasteiger charge is -2.34. The number of hydrogen-bond acceptors (Lipinski definition) is 7. The first-order valence-corrected chi connectivity index (χ1v) is 11.9. The number of rotatable bonds is 5. The minimum absolute atomic E-state index is 0.102. The van der Waals surface area contributed by atoms with Crippen molar-refractivity contribution >= 4 is 56.6 Å². The summed E-state index contributed by atoms with van der Waals surface area (Å²) in [4.78, 5) is 56.9. The number of para-hydroxylation sites is 1. The van der Waals surface area contributed by atoms with Crippen LogP contribution in [-0.2, 0) is 0 Å². The van der Waals surface area contributed by atoms with Crippen molar-refractivity contribution in [3.63, 3.8) is 0 Å². The molecule has 12 heteroatoms. The molecular formula is C24H21BrN8O3. The quantitative estimate of drug-likeness (QED) is 0.346. The van der Waals surface area contributed by atoms with Crippen molar-refractivity contribution in [2.24, 2.45) is 5.73 Å². The fraction of sp³-hybridized carbons (Fsp3) is 0.167. The number of aromatic amines is 1. The number of amides is 3. The van der Waals surface area contributed by atoms with E-state index in [4.69, 9.17) is 5.73 Å². The van der Waals surface area contributed by atoms with Crippen LogP contribution in [0.25, 0.3) is 11.0 Å². The Morgan fingerprint density at radius 1 is 0.944 bits per heavy atom. The molecule has 3 amide bonds. The molecule has 0 aliphatic carbocycles. The number of carbonyl (C=O) groups excluding carboxylic acids is 3. The largest absolute Gasteiger partial charge is 0.366 e. The Balaban J connectivity index is 1.21. The number of benzene rings is 2. The number of piperazine rings is 1. The van der Waals surface area contributed by atoms with E-state index in [-0.39, 0.29) is 17.4 Å². The van der Waals surface area contributed by atoms with Gasteiger partial charge in [0.25, 0.3) is 17.7 Å². The lowest BCUT2D eigenvalue weighted by atomic mass is 10.1. The van der Waals surface area contributed by atoms with Crippen LogP contribution in [0.2, 0.25) is 0 Å². The third-order valence-electron chi connectivity index (χ3n) is 5.86. The normalized spacial score (nSPS) is 13.6. The SMILES string of the molecule is NC(=O)c1cccc2[nH]c(NC(=O)c3ccc(C(=O)N4CCN(c5ncc(Br)cn5)CC4)cc3)nc12. The van der Waals surface area contributed by atoms with E-state index in [1.807, 2.05) is 4.90 Å². The van der Waals surface area contributed by atoms with Gasteiger partial charge >= 0.3 is 0 Å². The van der Waals surface area contributed by atoms with Gasteiger partial charge in [-0.05, 0) is 52.3 Å². The van der Waals surface area contributed by atoms with Gasteiger partial charge in [-0.3, -0.25) is 19.7 Å². The number of hydrogen-bond donors (Lipinski definition) is 3. The Morgan fingerprint density at radius 3 is 2.28 bits per heavy atom. The van der Waals surface area contributed by atoms with Gasteiger partial charge in [0.05, 0.1) is 15.6 Å². The summed E-state index contributed by atoms with van der Waals surface area (Å²) in [6.45, 7) is 2.34. The molecule has 0 bridgehead atoms. The Morgan fingerprint density at radius 2 is 1.61 bits per heavy atom. The summed E-state index contributed by atoms with van der Waals surface area (Å²) in [5.41, 5.74) is 7.47. The Bertz CT molecular complexity index is 1440. The average molecular weight is 549 g/mol. The first kappa shape index (κ1) is 23.4. The van der Waals surface area contributed by atoms with Crippen LogP contribution in [0.5, 0.6) is 0 Å². The molecule has 1 aliphatic heterocycles. The van der Waals surface area contributed by atoms with Crippen molar-refractivity contribution in [3.05, 3.63) is 76.0 Å². The third-order valence-corrected chi connectivity index (χ3v) is 6.27. The maximum Gasteiger partial charge on any atom is 0.257 e. The van der Waals surface area contributed by atoms with E-state index in [9.17, 15) is 14.4 Å². The molecule has 0 saturated carbocycles.